The fraction of sp³-hybridized carbons (Fsp3) is 0.889. The first-order chi connectivity index (χ1) is 24.4. The summed E-state index contributed by atoms with van der Waals surface area (Å²) in [6, 6.07) is 2.11. The maximum Gasteiger partial charge on any atom is 0.302 e. The maximum absolute atomic E-state index is 11.5. The summed E-state index contributed by atoms with van der Waals surface area (Å²) < 4.78 is 38.6. The van der Waals surface area contributed by atoms with E-state index in [4.69, 9.17) is 14.6 Å². The van der Waals surface area contributed by atoms with Crippen molar-refractivity contribution in [3.8, 4) is 6.07 Å². The Kier molecular flexibility index (Phi) is 109. The van der Waals surface area contributed by atoms with E-state index in [0.717, 1.165) is 71.0 Å². The van der Waals surface area contributed by atoms with Crippen LogP contribution in [-0.4, -0.2) is 113 Å². The van der Waals surface area contributed by atoms with E-state index in [1.807, 2.05) is 27.9 Å². The summed E-state index contributed by atoms with van der Waals surface area (Å²) in [6.45, 7) is 17.9. The van der Waals surface area contributed by atoms with Crippen LogP contribution in [0.5, 0.6) is 0 Å². The molecule has 60 heavy (non-hydrogen) atoms. The Labute approximate surface area is 376 Å². The van der Waals surface area contributed by atoms with Gasteiger partial charge < -0.3 is 34.5 Å². The SMILES string of the molecule is C.C.C.C.C.C.C.C.CC(=O)OCCCCCC(=O)[O-].CCC(C)C#N.CCCN(C)C(=O)CCCCCOC(C)=O.CCCN(C)CCCCS(=O)(=O)O.CCC[NH2+]C. The van der Waals surface area contributed by atoms with Gasteiger partial charge in [0, 0.05) is 45.7 Å². The molecule has 1 atom stereocenters. The molecule has 14 nitrogen and oxygen atoms in total. The summed E-state index contributed by atoms with van der Waals surface area (Å²) >= 11 is 0. The summed E-state index contributed by atoms with van der Waals surface area (Å²) in [5.41, 5.74) is 0. The van der Waals surface area contributed by atoms with Crippen LogP contribution in [0.3, 0.4) is 0 Å². The smallest absolute Gasteiger partial charge is 0.302 e. The van der Waals surface area contributed by atoms with Crippen LogP contribution in [0, 0.1) is 17.2 Å². The molecule has 0 bridgehead atoms. The lowest BCUT2D eigenvalue weighted by atomic mass is 10.2. The molecule has 15 heteroatoms. The highest BCUT2D eigenvalue weighted by Gasteiger charge is 2.07. The van der Waals surface area contributed by atoms with Gasteiger partial charge >= 0.3 is 11.9 Å². The number of unbranched alkanes of at least 4 members (excludes halogenated alkanes) is 5. The first-order valence-corrected chi connectivity index (χ1v) is 20.5. The monoisotopic (exact) mass is 897 g/mol. The molecular weight excluding hydrogens is 789 g/mol. The molecule has 1 amide bonds. The summed E-state index contributed by atoms with van der Waals surface area (Å²) in [6.07, 6.45) is 11.1. The lowest BCUT2D eigenvalue weighted by Gasteiger charge is -2.15. The van der Waals surface area contributed by atoms with Crippen LogP contribution in [0.15, 0.2) is 0 Å². The van der Waals surface area contributed by atoms with Crippen molar-refractivity contribution in [3.63, 3.8) is 0 Å². The number of carboxylic acids is 1. The van der Waals surface area contributed by atoms with Crippen molar-refractivity contribution in [3.05, 3.63) is 0 Å². The lowest BCUT2D eigenvalue weighted by Crippen LogP contribution is -2.79. The van der Waals surface area contributed by atoms with Crippen LogP contribution in [0.2, 0.25) is 0 Å². The van der Waals surface area contributed by atoms with E-state index in [1.165, 1.54) is 26.8 Å². The van der Waals surface area contributed by atoms with E-state index in [9.17, 15) is 32.7 Å². The molecule has 0 saturated carbocycles. The van der Waals surface area contributed by atoms with E-state index < -0.39 is 16.1 Å². The normalized spacial score (nSPS) is 9.18. The maximum atomic E-state index is 11.5. The van der Waals surface area contributed by atoms with Crippen molar-refractivity contribution in [1.29, 1.82) is 5.26 Å². The fourth-order valence-electron chi connectivity index (χ4n) is 3.73. The van der Waals surface area contributed by atoms with Crippen molar-refractivity contribution in [2.24, 2.45) is 5.92 Å². The predicted octanol–water partition coefficient (Wildman–Crippen LogP) is 9.07. The number of carboxylic acid groups (broad SMARTS) is 1. The van der Waals surface area contributed by atoms with Crippen LogP contribution in [0.4, 0.5) is 0 Å². The van der Waals surface area contributed by atoms with Crippen molar-refractivity contribution >= 4 is 33.9 Å². The van der Waals surface area contributed by atoms with Crippen molar-refractivity contribution in [1.82, 2.24) is 9.80 Å². The number of carbonyl (C=O) groups is 4. The van der Waals surface area contributed by atoms with Crippen molar-refractivity contribution in [2.45, 2.75) is 198 Å². The Balaban J connectivity index is -0.0000000423. The van der Waals surface area contributed by atoms with Crippen LogP contribution < -0.4 is 10.4 Å². The zero-order chi connectivity index (χ0) is 41.2. The van der Waals surface area contributed by atoms with Gasteiger partial charge in [-0.2, -0.15) is 13.7 Å². The molecule has 374 valence electrons. The molecule has 0 fully saturated rings. The van der Waals surface area contributed by atoms with E-state index in [2.05, 4.69) is 48.8 Å². The third-order valence-electron chi connectivity index (χ3n) is 6.86. The standard InChI is InChI=1S/C12H23NO3.C8H19NO3S.C8H14O4.C5H9N.C4H11N.8CH4/c1-4-9-13(3)12(15)8-6-5-7-10-16-11(2)14;1-3-6-9(2)7-4-5-8-13(10,11)12;1-7(9)12-6-4-2-3-5-8(10)11;1-3-5(2)4-6;1-3-4-5-2;;;;;;;;/h4-10H2,1-3H3;3-8H2,1-2H3,(H,10,11,12);2-6H2,1H3,(H,10,11);5H,3H2,1-2H3;5H,3-4H2,1-2H3;8*1H4. The molecule has 0 spiro atoms. The highest BCUT2D eigenvalue weighted by Crippen LogP contribution is 2.04. The van der Waals surface area contributed by atoms with Gasteiger partial charge in [0.05, 0.1) is 38.6 Å². The average Bonchev–Trinajstić information content (AvgIpc) is 3.06. The Hall–Kier alpha value is -2.80. The van der Waals surface area contributed by atoms with Crippen molar-refractivity contribution < 1.29 is 52.0 Å². The number of rotatable bonds is 24. The number of hydrogen-bond donors (Lipinski definition) is 2. The largest absolute Gasteiger partial charge is 0.550 e. The minimum Gasteiger partial charge on any atom is -0.550 e. The number of esters is 2. The molecule has 0 aliphatic rings. The molecule has 0 aromatic heterocycles. The van der Waals surface area contributed by atoms with Gasteiger partial charge in [0.15, 0.2) is 0 Å². The summed E-state index contributed by atoms with van der Waals surface area (Å²) in [7, 11) is 2.18. The van der Waals surface area contributed by atoms with Gasteiger partial charge in [-0.1, -0.05) is 87.1 Å². The van der Waals surface area contributed by atoms with Crippen LogP contribution in [-0.2, 0) is 38.8 Å². The zero-order valence-corrected chi connectivity index (χ0v) is 35.2. The number of quaternary nitrogens is 1. The second-order valence-electron chi connectivity index (χ2n) is 12.4. The third-order valence-corrected chi connectivity index (χ3v) is 7.67. The number of carbonyl (C=O) groups excluding carboxylic acids is 4. The van der Waals surface area contributed by atoms with Gasteiger partial charge in [-0.25, -0.2) is 0 Å². The molecular formula is C45H108N4O10S. The van der Waals surface area contributed by atoms with E-state index in [1.54, 1.807) is 4.90 Å². The fourth-order valence-corrected chi connectivity index (χ4v) is 4.29. The Morgan fingerprint density at radius 1 is 0.700 bits per heavy atom. The van der Waals surface area contributed by atoms with Crippen LogP contribution in [0.25, 0.3) is 0 Å². The Bertz CT molecular complexity index is 975. The molecule has 0 aliphatic heterocycles. The molecule has 0 aromatic rings. The number of hydrogen-bond acceptors (Lipinski definition) is 11. The first kappa shape index (κ1) is 92.5. The number of aliphatic carboxylic acids is 1. The van der Waals surface area contributed by atoms with Gasteiger partial charge in [-0.3, -0.25) is 18.9 Å². The average molecular weight is 897 g/mol. The molecule has 0 aliphatic carbocycles. The molecule has 0 radical (unpaired) electrons. The van der Waals surface area contributed by atoms with Gasteiger partial charge in [-0.15, -0.1) is 0 Å². The highest BCUT2D eigenvalue weighted by atomic mass is 32.2. The molecule has 0 saturated heterocycles. The summed E-state index contributed by atoms with van der Waals surface area (Å²) in [5.74, 6) is -1.23. The van der Waals surface area contributed by atoms with Crippen molar-refractivity contribution in [2.75, 3.05) is 66.3 Å². The second kappa shape index (κ2) is 70.7. The molecule has 1 unspecified atom stereocenters. The lowest BCUT2D eigenvalue weighted by molar-refractivity contribution is -0.626. The summed E-state index contributed by atoms with van der Waals surface area (Å²) in [4.78, 5) is 46.1. The minimum atomic E-state index is -3.75. The molecule has 0 heterocycles. The highest BCUT2D eigenvalue weighted by molar-refractivity contribution is 7.85. The van der Waals surface area contributed by atoms with E-state index >= 15 is 0 Å². The number of nitrogens with zero attached hydrogens (tertiary/aromatic N) is 3. The predicted molar refractivity (Wildman–Crippen MR) is 258 cm³/mol. The van der Waals surface area contributed by atoms with E-state index in [-0.39, 0.29) is 95.4 Å². The molecule has 0 aromatic carbocycles. The first-order valence-electron chi connectivity index (χ1n) is 18.9. The Morgan fingerprint density at radius 3 is 1.42 bits per heavy atom. The number of nitrogens with two attached hydrogens (primary N) is 1. The van der Waals surface area contributed by atoms with Crippen LogP contribution in [0.1, 0.15) is 198 Å². The summed E-state index contributed by atoms with van der Waals surface area (Å²) in [5, 5.41) is 20.2. The third kappa shape index (κ3) is 106. The number of nitriles is 1. The quantitative estimate of drug-likeness (QED) is 0.0528. The number of ether oxygens (including phenoxy) is 2. The van der Waals surface area contributed by atoms with E-state index in [0.29, 0.717) is 38.9 Å². The van der Waals surface area contributed by atoms with Gasteiger partial charge in [-0.05, 0) is 111 Å². The number of amides is 1. The zero-order valence-electron chi connectivity index (χ0n) is 34.4. The molecule has 3 N–H and O–H groups in total. The van der Waals surface area contributed by atoms with Gasteiger partial charge in [0.1, 0.15) is 0 Å². The Morgan fingerprint density at radius 2 is 1.13 bits per heavy atom. The van der Waals surface area contributed by atoms with Gasteiger partial charge in [0.2, 0.25) is 5.91 Å². The second-order valence-corrected chi connectivity index (χ2v) is 14.0. The minimum absolute atomic E-state index is 0. The topological polar surface area (TPSA) is 211 Å². The van der Waals surface area contributed by atoms with Crippen LogP contribution >= 0.6 is 0 Å². The van der Waals surface area contributed by atoms with Gasteiger partial charge in [0.25, 0.3) is 10.1 Å². The molecule has 0 rings (SSSR count).